The van der Waals surface area contributed by atoms with E-state index in [1.165, 1.54) is 24.3 Å². The van der Waals surface area contributed by atoms with Gasteiger partial charge in [-0.25, -0.2) is 0 Å². The lowest BCUT2D eigenvalue weighted by Gasteiger charge is -2.08. The number of hydrogen-bond acceptors (Lipinski definition) is 5. The summed E-state index contributed by atoms with van der Waals surface area (Å²) in [5.74, 6) is 0. The van der Waals surface area contributed by atoms with E-state index in [1.54, 1.807) is 0 Å². The number of nitrogens with zero attached hydrogens (tertiary/aromatic N) is 2. The van der Waals surface area contributed by atoms with Crippen LogP contribution in [0, 0.1) is 20.2 Å². The lowest BCUT2D eigenvalue weighted by molar-refractivity contribution is -0.530. The molecule has 0 saturated carbocycles. The number of aliphatic hydroxyl groups excluding tert-OH is 1. The molecule has 0 aliphatic rings. The molecule has 0 aliphatic heterocycles. The molecule has 1 unspecified atom stereocenters. The molecule has 0 radical (unpaired) electrons. The molecule has 7 heteroatoms. The van der Waals surface area contributed by atoms with Crippen LogP contribution < -0.4 is 0 Å². The normalized spacial score (nSPS) is 12.1. The zero-order valence-corrected chi connectivity index (χ0v) is 8.98. The average molecular weight is 240 g/mol. The molecule has 1 atom stereocenters. The van der Waals surface area contributed by atoms with Crippen LogP contribution in [0.4, 0.5) is 5.69 Å². The van der Waals surface area contributed by atoms with Gasteiger partial charge in [-0.3, -0.25) is 20.2 Å². The minimum atomic E-state index is -0.928. The van der Waals surface area contributed by atoms with Crippen molar-refractivity contribution < 1.29 is 15.0 Å². The van der Waals surface area contributed by atoms with Crippen LogP contribution in [-0.2, 0) is 0 Å². The molecule has 0 aromatic heterocycles. The number of aliphatic hydroxyl groups is 1. The molecule has 0 heterocycles. The van der Waals surface area contributed by atoms with Gasteiger partial charge in [0.25, 0.3) is 5.69 Å². The quantitative estimate of drug-likeness (QED) is 0.601. The van der Waals surface area contributed by atoms with E-state index in [4.69, 9.17) is 5.11 Å². The predicted octanol–water partition coefficient (Wildman–Crippen LogP) is 1.69. The number of nitro benzene ring substituents is 1. The minimum Gasteiger partial charge on any atom is -0.396 e. The Morgan fingerprint density at radius 1 is 1.18 bits per heavy atom. The van der Waals surface area contributed by atoms with Crippen molar-refractivity contribution in [2.24, 2.45) is 0 Å². The maximum Gasteiger partial charge on any atom is 0.269 e. The van der Waals surface area contributed by atoms with Crippen LogP contribution in [0.15, 0.2) is 24.3 Å². The van der Waals surface area contributed by atoms with E-state index >= 15 is 0 Å². The summed E-state index contributed by atoms with van der Waals surface area (Å²) < 4.78 is 0. The first-order valence-electron chi connectivity index (χ1n) is 5.05. The molecule has 1 N–H and O–H groups in total. The summed E-state index contributed by atoms with van der Waals surface area (Å²) in [6, 6.07) is 4.31. The number of nitro groups is 2. The third-order valence-electron chi connectivity index (χ3n) is 2.38. The third kappa shape index (κ3) is 3.49. The highest BCUT2D eigenvalue weighted by Gasteiger charge is 2.22. The zero-order chi connectivity index (χ0) is 12.8. The van der Waals surface area contributed by atoms with Gasteiger partial charge < -0.3 is 5.11 Å². The van der Waals surface area contributed by atoms with Crippen molar-refractivity contribution in [3.63, 3.8) is 0 Å². The van der Waals surface area contributed by atoms with Gasteiger partial charge in [-0.1, -0.05) is 0 Å². The Balaban J connectivity index is 2.87. The molecule has 7 nitrogen and oxygen atoms in total. The van der Waals surface area contributed by atoms with E-state index in [-0.39, 0.29) is 18.7 Å². The van der Waals surface area contributed by atoms with Gasteiger partial charge in [0.15, 0.2) is 0 Å². The largest absolute Gasteiger partial charge is 0.396 e. The Morgan fingerprint density at radius 2 is 1.76 bits per heavy atom. The Kier molecular flexibility index (Phi) is 4.53. The van der Waals surface area contributed by atoms with Gasteiger partial charge in [0, 0.05) is 35.6 Å². The predicted molar refractivity (Wildman–Crippen MR) is 59.2 cm³/mol. The SMILES string of the molecule is O=[N+]([O-])c1ccc(C(CCCO)[N+](=O)[O-])cc1. The van der Waals surface area contributed by atoms with Crippen molar-refractivity contribution in [1.29, 1.82) is 0 Å². The van der Waals surface area contributed by atoms with E-state index in [2.05, 4.69) is 0 Å². The second-order valence-electron chi connectivity index (χ2n) is 3.52. The minimum absolute atomic E-state index is 0.0991. The van der Waals surface area contributed by atoms with E-state index in [9.17, 15) is 20.2 Å². The highest BCUT2D eigenvalue weighted by molar-refractivity contribution is 5.33. The first-order chi connectivity index (χ1) is 8.06. The van der Waals surface area contributed by atoms with Crippen LogP contribution in [0.25, 0.3) is 0 Å². The van der Waals surface area contributed by atoms with Crippen molar-refractivity contribution in [1.82, 2.24) is 0 Å². The van der Waals surface area contributed by atoms with Crippen molar-refractivity contribution in [2.75, 3.05) is 6.61 Å². The fraction of sp³-hybridized carbons (Fsp3) is 0.400. The smallest absolute Gasteiger partial charge is 0.269 e. The number of rotatable bonds is 6. The molecule has 1 aromatic carbocycles. The summed E-state index contributed by atoms with van der Waals surface area (Å²) in [6.07, 6.45) is 0.532. The van der Waals surface area contributed by atoms with E-state index in [1.807, 2.05) is 0 Å². The number of non-ortho nitro benzene ring substituents is 1. The Labute approximate surface area is 97.0 Å². The molecular weight excluding hydrogens is 228 g/mol. The van der Waals surface area contributed by atoms with Crippen LogP contribution in [0.5, 0.6) is 0 Å². The summed E-state index contributed by atoms with van der Waals surface area (Å²) in [5.41, 5.74) is 0.312. The van der Waals surface area contributed by atoms with Crippen molar-refractivity contribution in [3.8, 4) is 0 Å². The Morgan fingerprint density at radius 3 is 2.18 bits per heavy atom. The molecular formula is C10H12N2O5. The van der Waals surface area contributed by atoms with Gasteiger partial charge in [-0.15, -0.1) is 0 Å². The molecule has 0 bridgehead atoms. The van der Waals surface area contributed by atoms with E-state index in [0.717, 1.165) is 0 Å². The first-order valence-corrected chi connectivity index (χ1v) is 5.05. The van der Waals surface area contributed by atoms with Crippen molar-refractivity contribution in [3.05, 3.63) is 50.1 Å². The average Bonchev–Trinajstić information content (AvgIpc) is 2.29. The van der Waals surface area contributed by atoms with Crippen LogP contribution in [-0.4, -0.2) is 21.6 Å². The Bertz CT molecular complexity index is 404. The van der Waals surface area contributed by atoms with Crippen molar-refractivity contribution in [2.45, 2.75) is 18.9 Å². The molecule has 1 aromatic rings. The first kappa shape index (κ1) is 13.0. The van der Waals surface area contributed by atoms with Crippen LogP contribution >= 0.6 is 0 Å². The van der Waals surface area contributed by atoms with Gasteiger partial charge in [0.2, 0.25) is 6.04 Å². The topological polar surface area (TPSA) is 107 Å². The lowest BCUT2D eigenvalue weighted by Crippen LogP contribution is -2.11. The van der Waals surface area contributed by atoms with Gasteiger partial charge in [-0.05, 0) is 18.6 Å². The molecule has 0 amide bonds. The number of benzene rings is 1. The monoisotopic (exact) mass is 240 g/mol. The standard InChI is InChI=1S/C10H12N2O5/c13-7-1-2-10(12(16)17)8-3-5-9(6-4-8)11(14)15/h3-6,10,13H,1-2,7H2. The fourth-order valence-electron chi connectivity index (χ4n) is 1.50. The van der Waals surface area contributed by atoms with E-state index < -0.39 is 15.9 Å². The van der Waals surface area contributed by atoms with Gasteiger partial charge in [0.05, 0.1) is 4.92 Å². The van der Waals surface area contributed by atoms with E-state index in [0.29, 0.717) is 12.0 Å². The maximum atomic E-state index is 10.8. The highest BCUT2D eigenvalue weighted by atomic mass is 16.6. The second kappa shape index (κ2) is 5.90. The molecule has 92 valence electrons. The zero-order valence-electron chi connectivity index (χ0n) is 8.98. The van der Waals surface area contributed by atoms with Crippen molar-refractivity contribution >= 4 is 5.69 Å². The highest BCUT2D eigenvalue weighted by Crippen LogP contribution is 2.23. The molecule has 0 saturated heterocycles. The van der Waals surface area contributed by atoms with Crippen LogP contribution in [0.2, 0.25) is 0 Å². The van der Waals surface area contributed by atoms with Crippen LogP contribution in [0.3, 0.4) is 0 Å². The summed E-state index contributed by atoms with van der Waals surface area (Å²) in [7, 11) is 0. The Hall–Kier alpha value is -2.02. The van der Waals surface area contributed by atoms with Gasteiger partial charge in [0.1, 0.15) is 0 Å². The molecule has 0 aliphatic carbocycles. The summed E-state index contributed by atoms with van der Waals surface area (Å²) in [6.45, 7) is -0.114. The summed E-state index contributed by atoms with van der Waals surface area (Å²) in [5, 5.41) is 29.9. The summed E-state index contributed by atoms with van der Waals surface area (Å²) in [4.78, 5) is 20.2. The second-order valence-corrected chi connectivity index (χ2v) is 3.52. The van der Waals surface area contributed by atoms with Crippen LogP contribution in [0.1, 0.15) is 24.4 Å². The molecule has 17 heavy (non-hydrogen) atoms. The number of hydrogen-bond donors (Lipinski definition) is 1. The third-order valence-corrected chi connectivity index (χ3v) is 2.38. The van der Waals surface area contributed by atoms with Gasteiger partial charge >= 0.3 is 0 Å². The van der Waals surface area contributed by atoms with Gasteiger partial charge in [-0.2, -0.15) is 0 Å². The molecule has 1 rings (SSSR count). The summed E-state index contributed by atoms with van der Waals surface area (Å²) >= 11 is 0. The molecule has 0 fully saturated rings. The lowest BCUT2D eigenvalue weighted by atomic mass is 10.0. The maximum absolute atomic E-state index is 10.8. The molecule has 0 spiro atoms. The fourth-order valence-corrected chi connectivity index (χ4v) is 1.50.